The lowest BCUT2D eigenvalue weighted by Gasteiger charge is -2.53. The number of amides is 1. The number of fused-ring (bicyclic) bond motifs is 7. The van der Waals surface area contributed by atoms with Crippen LogP contribution in [0.5, 0.6) is 0 Å². The van der Waals surface area contributed by atoms with Crippen LogP contribution in [0.2, 0.25) is 0 Å². The van der Waals surface area contributed by atoms with Crippen molar-refractivity contribution in [2.45, 2.75) is 71.6 Å². The highest BCUT2D eigenvalue weighted by Gasteiger charge is 2.52. The molecule has 0 aromatic rings. The Morgan fingerprint density at radius 3 is 2.66 bits per heavy atom. The molecule has 0 aromatic heterocycles. The van der Waals surface area contributed by atoms with Crippen LogP contribution in [0.4, 0.5) is 0 Å². The first kappa shape index (κ1) is 22.1. The van der Waals surface area contributed by atoms with Gasteiger partial charge in [0.15, 0.2) is 11.6 Å². The van der Waals surface area contributed by atoms with Gasteiger partial charge in [0.25, 0.3) is 0 Å². The van der Waals surface area contributed by atoms with Gasteiger partial charge >= 0.3 is 0 Å². The summed E-state index contributed by atoms with van der Waals surface area (Å²) < 4.78 is 0. The van der Waals surface area contributed by atoms with Crippen LogP contribution >= 0.6 is 0 Å². The maximum atomic E-state index is 13.5. The number of carbonyl (C=O) groups is 3. The number of hydrogen-bond acceptors (Lipinski definition) is 3. The number of allylic oxidation sites excluding steroid dienone is 4. The zero-order valence-corrected chi connectivity index (χ0v) is 19.7. The number of rotatable bonds is 4. The van der Waals surface area contributed by atoms with Crippen LogP contribution in [0.3, 0.4) is 0 Å². The Hall–Kier alpha value is -1.71. The first-order valence-corrected chi connectivity index (χ1v) is 13.2. The number of carbonyl (C=O) groups excluding carboxylic acids is 3. The van der Waals surface area contributed by atoms with E-state index in [9.17, 15) is 14.4 Å². The van der Waals surface area contributed by atoms with Crippen molar-refractivity contribution in [3.8, 4) is 0 Å². The Bertz CT molecular complexity index is 842. The topological polar surface area (TPSA) is 63.2 Å². The highest BCUT2D eigenvalue weighted by Crippen LogP contribution is 2.57. The molecule has 5 rings (SSSR count). The van der Waals surface area contributed by atoms with E-state index in [2.05, 4.69) is 25.2 Å². The van der Waals surface area contributed by atoms with Crippen LogP contribution < -0.4 is 5.32 Å². The molecule has 1 amide bonds. The third kappa shape index (κ3) is 3.92. The van der Waals surface area contributed by atoms with Crippen molar-refractivity contribution in [2.75, 3.05) is 6.54 Å². The van der Waals surface area contributed by atoms with Crippen LogP contribution in [-0.4, -0.2) is 24.0 Å². The molecule has 4 heteroatoms. The van der Waals surface area contributed by atoms with Gasteiger partial charge in [0, 0.05) is 30.7 Å². The van der Waals surface area contributed by atoms with E-state index in [1.165, 1.54) is 12.0 Å². The largest absolute Gasteiger partial charge is 0.356 e. The summed E-state index contributed by atoms with van der Waals surface area (Å²) in [5.41, 5.74) is 1.33. The lowest BCUT2D eigenvalue weighted by Crippen LogP contribution is -2.50. The SMILES string of the molecule is CCC(C)CNC(=O)C1CCC2CCC3C4CCC5CC(=O)C=CC5C4=CC(=O)C3C2C1. The van der Waals surface area contributed by atoms with E-state index in [1.807, 2.05) is 6.08 Å². The van der Waals surface area contributed by atoms with Crippen molar-refractivity contribution in [3.63, 3.8) is 0 Å². The Balaban J connectivity index is 1.34. The minimum Gasteiger partial charge on any atom is -0.356 e. The third-order valence-corrected chi connectivity index (χ3v) is 9.81. The lowest BCUT2D eigenvalue weighted by molar-refractivity contribution is -0.135. The molecule has 9 unspecified atom stereocenters. The second-order valence-electron chi connectivity index (χ2n) is 11.5. The molecule has 174 valence electrons. The molecule has 4 nitrogen and oxygen atoms in total. The summed E-state index contributed by atoms with van der Waals surface area (Å²) in [6, 6.07) is 0. The van der Waals surface area contributed by atoms with E-state index in [1.54, 1.807) is 6.08 Å². The summed E-state index contributed by atoms with van der Waals surface area (Å²) in [5.74, 6) is 4.07. The fraction of sp³-hybridized carbons (Fsp3) is 0.750. The molecule has 0 saturated heterocycles. The minimum atomic E-state index is 0.0697. The summed E-state index contributed by atoms with van der Waals surface area (Å²) in [5, 5.41) is 3.19. The number of ketones is 2. The predicted molar refractivity (Wildman–Crippen MR) is 125 cm³/mol. The molecule has 0 radical (unpaired) electrons. The molecule has 0 aromatic carbocycles. The molecule has 5 aliphatic rings. The van der Waals surface area contributed by atoms with Gasteiger partial charge in [-0.25, -0.2) is 0 Å². The third-order valence-electron chi connectivity index (χ3n) is 9.81. The summed E-state index contributed by atoms with van der Waals surface area (Å²) in [7, 11) is 0. The van der Waals surface area contributed by atoms with Gasteiger partial charge in [-0.2, -0.15) is 0 Å². The van der Waals surface area contributed by atoms with E-state index in [4.69, 9.17) is 0 Å². The smallest absolute Gasteiger partial charge is 0.223 e. The molecule has 3 fully saturated rings. The quantitative estimate of drug-likeness (QED) is 0.681. The summed E-state index contributed by atoms with van der Waals surface area (Å²) in [4.78, 5) is 38.4. The average Bonchev–Trinajstić information content (AvgIpc) is 2.81. The van der Waals surface area contributed by atoms with Crippen LogP contribution in [0, 0.1) is 53.3 Å². The van der Waals surface area contributed by atoms with Crippen molar-refractivity contribution in [3.05, 3.63) is 23.8 Å². The Morgan fingerprint density at radius 2 is 1.84 bits per heavy atom. The molecule has 3 saturated carbocycles. The second-order valence-corrected chi connectivity index (χ2v) is 11.5. The summed E-state index contributed by atoms with van der Waals surface area (Å²) in [6.45, 7) is 5.10. The highest BCUT2D eigenvalue weighted by molar-refractivity contribution is 5.95. The zero-order chi connectivity index (χ0) is 22.4. The Labute approximate surface area is 192 Å². The van der Waals surface area contributed by atoms with Crippen molar-refractivity contribution in [1.29, 1.82) is 0 Å². The fourth-order valence-electron chi connectivity index (χ4n) is 7.86. The van der Waals surface area contributed by atoms with Crippen molar-refractivity contribution >= 4 is 17.5 Å². The molecule has 0 bridgehead atoms. The average molecular weight is 438 g/mol. The van der Waals surface area contributed by atoms with Crippen molar-refractivity contribution in [2.24, 2.45) is 53.3 Å². The number of nitrogens with one attached hydrogen (secondary N) is 1. The molecule has 32 heavy (non-hydrogen) atoms. The van der Waals surface area contributed by atoms with Gasteiger partial charge in [0.05, 0.1) is 0 Å². The van der Waals surface area contributed by atoms with Gasteiger partial charge in [0.2, 0.25) is 5.91 Å². The van der Waals surface area contributed by atoms with Gasteiger partial charge < -0.3 is 5.32 Å². The van der Waals surface area contributed by atoms with E-state index in [0.29, 0.717) is 53.6 Å². The van der Waals surface area contributed by atoms with Gasteiger partial charge in [-0.15, -0.1) is 0 Å². The van der Waals surface area contributed by atoms with Gasteiger partial charge in [0.1, 0.15) is 0 Å². The molecule has 9 atom stereocenters. The molecule has 0 aliphatic heterocycles. The molecule has 1 N–H and O–H groups in total. The van der Waals surface area contributed by atoms with E-state index < -0.39 is 0 Å². The Morgan fingerprint density at radius 1 is 1.06 bits per heavy atom. The van der Waals surface area contributed by atoms with Crippen LogP contribution in [0.1, 0.15) is 71.6 Å². The monoisotopic (exact) mass is 437 g/mol. The van der Waals surface area contributed by atoms with E-state index >= 15 is 0 Å². The number of hydrogen-bond donors (Lipinski definition) is 1. The Kier molecular flexibility index (Phi) is 6.15. The van der Waals surface area contributed by atoms with E-state index in [-0.39, 0.29) is 23.5 Å². The summed E-state index contributed by atoms with van der Waals surface area (Å²) >= 11 is 0. The predicted octanol–water partition coefficient (Wildman–Crippen LogP) is 4.89. The molecule has 5 aliphatic carbocycles. The molecule has 0 spiro atoms. The maximum Gasteiger partial charge on any atom is 0.223 e. The molecule has 0 heterocycles. The van der Waals surface area contributed by atoms with Gasteiger partial charge in [-0.3, -0.25) is 14.4 Å². The van der Waals surface area contributed by atoms with Gasteiger partial charge in [-0.05, 0) is 92.6 Å². The standard InChI is InChI=1S/C28H39NO3/c1-3-16(2)15-29-28(32)19-5-4-17-6-10-23-22-9-7-18-12-20(30)8-11-21(18)25(22)14-26(31)27(23)24(17)13-19/h8,11,14,16-19,21-24,27H,3-7,9-10,12-13,15H2,1-2H3,(H,29,32). The lowest BCUT2D eigenvalue weighted by atomic mass is 9.50. The van der Waals surface area contributed by atoms with Crippen molar-refractivity contribution < 1.29 is 14.4 Å². The second kappa shape index (κ2) is 8.91. The first-order chi connectivity index (χ1) is 15.5. The van der Waals surface area contributed by atoms with Crippen LogP contribution in [0.25, 0.3) is 0 Å². The minimum absolute atomic E-state index is 0.0697. The normalized spacial score (nSPS) is 41.5. The van der Waals surface area contributed by atoms with Crippen LogP contribution in [0.15, 0.2) is 23.8 Å². The first-order valence-electron chi connectivity index (χ1n) is 13.2. The van der Waals surface area contributed by atoms with Crippen LogP contribution in [-0.2, 0) is 14.4 Å². The van der Waals surface area contributed by atoms with Crippen molar-refractivity contribution in [1.82, 2.24) is 5.32 Å². The highest BCUT2D eigenvalue weighted by atomic mass is 16.2. The van der Waals surface area contributed by atoms with E-state index in [0.717, 1.165) is 51.5 Å². The summed E-state index contributed by atoms with van der Waals surface area (Å²) in [6.07, 6.45) is 15.1. The zero-order valence-electron chi connectivity index (χ0n) is 19.7. The van der Waals surface area contributed by atoms with Gasteiger partial charge in [-0.1, -0.05) is 31.9 Å². The molecular formula is C28H39NO3. The fourth-order valence-corrected chi connectivity index (χ4v) is 7.86. The molecular weight excluding hydrogens is 398 g/mol. The maximum absolute atomic E-state index is 13.5.